The first-order chi connectivity index (χ1) is 9.81. The monoisotopic (exact) mass is 267 g/mol. The number of carbonyl (C=O) groups is 1. The lowest BCUT2D eigenvalue weighted by atomic mass is 9.91. The van der Waals surface area contributed by atoms with Gasteiger partial charge in [-0.15, -0.1) is 0 Å². The Labute approximate surface area is 118 Å². The van der Waals surface area contributed by atoms with E-state index in [9.17, 15) is 4.79 Å². The molecule has 1 atom stereocenters. The molecule has 0 saturated carbocycles. The molecule has 1 aromatic heterocycles. The van der Waals surface area contributed by atoms with Gasteiger partial charge in [-0.25, -0.2) is 0 Å². The largest absolute Gasteiger partial charge is 0.324 e. The number of nitrogens with one attached hydrogen (secondary N) is 2. The molecule has 0 unspecified atom stereocenters. The van der Waals surface area contributed by atoms with Crippen LogP contribution in [0.2, 0.25) is 0 Å². The van der Waals surface area contributed by atoms with Crippen molar-refractivity contribution in [1.29, 1.82) is 0 Å². The molecular weight excluding hydrogens is 250 g/mol. The van der Waals surface area contributed by atoms with Crippen LogP contribution < -0.4 is 10.6 Å². The van der Waals surface area contributed by atoms with Crippen molar-refractivity contribution in [3.05, 3.63) is 60.4 Å². The zero-order valence-electron chi connectivity index (χ0n) is 11.2. The summed E-state index contributed by atoms with van der Waals surface area (Å²) in [5.74, 6) is -0.0418. The first-order valence-corrected chi connectivity index (χ1v) is 6.84. The molecule has 0 bridgehead atoms. The molecule has 4 heteroatoms. The van der Waals surface area contributed by atoms with E-state index in [0.717, 1.165) is 30.8 Å². The minimum Gasteiger partial charge on any atom is -0.324 e. The van der Waals surface area contributed by atoms with E-state index in [2.05, 4.69) is 15.6 Å². The number of benzene rings is 1. The number of aromatic nitrogens is 1. The van der Waals surface area contributed by atoms with Gasteiger partial charge in [0.1, 0.15) is 5.54 Å². The average molecular weight is 267 g/mol. The van der Waals surface area contributed by atoms with Gasteiger partial charge in [0.25, 0.3) is 5.91 Å². The fourth-order valence-corrected chi connectivity index (χ4v) is 2.65. The molecule has 1 fully saturated rings. The molecule has 2 aromatic rings. The maximum atomic E-state index is 12.7. The second kappa shape index (κ2) is 5.43. The molecular formula is C16H17N3O. The summed E-state index contributed by atoms with van der Waals surface area (Å²) in [7, 11) is 0. The Hall–Kier alpha value is -2.20. The molecule has 0 radical (unpaired) electrons. The van der Waals surface area contributed by atoms with Crippen molar-refractivity contribution in [2.24, 2.45) is 0 Å². The van der Waals surface area contributed by atoms with Crippen LogP contribution in [0.5, 0.6) is 0 Å². The van der Waals surface area contributed by atoms with E-state index in [4.69, 9.17) is 0 Å². The SMILES string of the molecule is O=C(Nc1ccccc1)[C@]1(c2ccccn2)CCCN1. The molecule has 1 amide bonds. The maximum absolute atomic E-state index is 12.7. The Balaban J connectivity index is 1.89. The van der Waals surface area contributed by atoms with E-state index in [1.807, 2.05) is 48.5 Å². The zero-order chi connectivity index (χ0) is 13.8. The summed E-state index contributed by atoms with van der Waals surface area (Å²) in [6.45, 7) is 0.832. The third-order valence-electron chi connectivity index (χ3n) is 3.68. The van der Waals surface area contributed by atoms with Gasteiger partial charge in [0, 0.05) is 11.9 Å². The van der Waals surface area contributed by atoms with Gasteiger partial charge in [-0.3, -0.25) is 15.1 Å². The molecule has 1 aliphatic heterocycles. The van der Waals surface area contributed by atoms with Crippen LogP contribution in [0.4, 0.5) is 5.69 Å². The molecule has 4 nitrogen and oxygen atoms in total. The van der Waals surface area contributed by atoms with Crippen LogP contribution in [0, 0.1) is 0 Å². The minimum absolute atomic E-state index is 0.0418. The van der Waals surface area contributed by atoms with E-state index in [0.29, 0.717) is 0 Å². The van der Waals surface area contributed by atoms with Crippen molar-refractivity contribution < 1.29 is 4.79 Å². The lowest BCUT2D eigenvalue weighted by Gasteiger charge is -2.27. The van der Waals surface area contributed by atoms with E-state index in [-0.39, 0.29) is 5.91 Å². The standard InChI is InChI=1S/C16H17N3O/c20-15(19-13-7-2-1-3-8-13)16(10-6-12-18-16)14-9-4-5-11-17-14/h1-5,7-9,11,18H,6,10,12H2,(H,19,20)/t16-/m1/s1. The predicted octanol–water partition coefficient (Wildman–Crippen LogP) is 2.30. The molecule has 3 rings (SSSR count). The van der Waals surface area contributed by atoms with E-state index in [1.165, 1.54) is 0 Å². The van der Waals surface area contributed by atoms with Gasteiger partial charge >= 0.3 is 0 Å². The third-order valence-corrected chi connectivity index (χ3v) is 3.68. The molecule has 2 heterocycles. The molecule has 0 spiro atoms. The van der Waals surface area contributed by atoms with Gasteiger partial charge in [0.15, 0.2) is 0 Å². The highest BCUT2D eigenvalue weighted by atomic mass is 16.2. The number of hydrogen-bond acceptors (Lipinski definition) is 3. The van der Waals surface area contributed by atoms with Crippen molar-refractivity contribution in [3.63, 3.8) is 0 Å². The first-order valence-electron chi connectivity index (χ1n) is 6.84. The van der Waals surface area contributed by atoms with Gasteiger partial charge in [0.2, 0.25) is 0 Å². The lowest BCUT2D eigenvalue weighted by molar-refractivity contribution is -0.122. The second-order valence-corrected chi connectivity index (χ2v) is 4.97. The summed E-state index contributed by atoms with van der Waals surface area (Å²) < 4.78 is 0. The quantitative estimate of drug-likeness (QED) is 0.897. The number of amides is 1. The van der Waals surface area contributed by atoms with Crippen molar-refractivity contribution >= 4 is 11.6 Å². The van der Waals surface area contributed by atoms with Crippen LogP contribution in [0.1, 0.15) is 18.5 Å². The molecule has 1 aromatic carbocycles. The first kappa shape index (κ1) is 12.8. The number of nitrogens with zero attached hydrogens (tertiary/aromatic N) is 1. The summed E-state index contributed by atoms with van der Waals surface area (Å²) in [6.07, 6.45) is 3.47. The molecule has 102 valence electrons. The average Bonchev–Trinajstić information content (AvgIpc) is 3.00. The van der Waals surface area contributed by atoms with Crippen LogP contribution in [-0.2, 0) is 10.3 Å². The van der Waals surface area contributed by atoms with Gasteiger partial charge < -0.3 is 5.32 Å². The number of pyridine rings is 1. The van der Waals surface area contributed by atoms with Crippen LogP contribution in [0.15, 0.2) is 54.7 Å². The van der Waals surface area contributed by atoms with E-state index >= 15 is 0 Å². The van der Waals surface area contributed by atoms with Crippen LogP contribution in [0.3, 0.4) is 0 Å². The topological polar surface area (TPSA) is 54.0 Å². The molecule has 20 heavy (non-hydrogen) atoms. The summed E-state index contributed by atoms with van der Waals surface area (Å²) in [6, 6.07) is 15.2. The Morgan fingerprint density at radius 1 is 1.15 bits per heavy atom. The number of para-hydroxylation sites is 1. The molecule has 0 aliphatic carbocycles. The Morgan fingerprint density at radius 2 is 1.95 bits per heavy atom. The molecule has 1 saturated heterocycles. The maximum Gasteiger partial charge on any atom is 0.250 e. The van der Waals surface area contributed by atoms with Crippen LogP contribution in [-0.4, -0.2) is 17.4 Å². The Morgan fingerprint density at radius 3 is 2.60 bits per heavy atom. The van der Waals surface area contributed by atoms with E-state index in [1.54, 1.807) is 6.20 Å². The number of rotatable bonds is 3. The second-order valence-electron chi connectivity index (χ2n) is 4.97. The third kappa shape index (κ3) is 2.30. The van der Waals surface area contributed by atoms with E-state index < -0.39 is 5.54 Å². The van der Waals surface area contributed by atoms with Gasteiger partial charge in [-0.2, -0.15) is 0 Å². The minimum atomic E-state index is -0.711. The van der Waals surface area contributed by atoms with Crippen molar-refractivity contribution in [1.82, 2.24) is 10.3 Å². The molecule has 1 aliphatic rings. The smallest absolute Gasteiger partial charge is 0.250 e. The van der Waals surface area contributed by atoms with Crippen molar-refractivity contribution in [2.45, 2.75) is 18.4 Å². The normalized spacial score (nSPS) is 21.6. The van der Waals surface area contributed by atoms with Crippen LogP contribution in [0.25, 0.3) is 0 Å². The van der Waals surface area contributed by atoms with Crippen molar-refractivity contribution in [2.75, 3.05) is 11.9 Å². The Kier molecular flexibility index (Phi) is 3.48. The van der Waals surface area contributed by atoms with Crippen LogP contribution >= 0.6 is 0 Å². The summed E-state index contributed by atoms with van der Waals surface area (Å²) in [4.78, 5) is 17.1. The highest BCUT2D eigenvalue weighted by Gasteiger charge is 2.43. The molecule has 2 N–H and O–H groups in total. The number of anilines is 1. The highest BCUT2D eigenvalue weighted by Crippen LogP contribution is 2.30. The van der Waals surface area contributed by atoms with Crippen molar-refractivity contribution in [3.8, 4) is 0 Å². The number of carbonyl (C=O) groups excluding carboxylic acids is 1. The Bertz CT molecular complexity index is 577. The van der Waals surface area contributed by atoms with Gasteiger partial charge in [0.05, 0.1) is 5.69 Å². The fraction of sp³-hybridized carbons (Fsp3) is 0.250. The lowest BCUT2D eigenvalue weighted by Crippen LogP contribution is -2.48. The summed E-state index contributed by atoms with van der Waals surface area (Å²) >= 11 is 0. The summed E-state index contributed by atoms with van der Waals surface area (Å²) in [5, 5.41) is 6.31. The van der Waals surface area contributed by atoms with Gasteiger partial charge in [-0.05, 0) is 43.7 Å². The van der Waals surface area contributed by atoms with Gasteiger partial charge in [-0.1, -0.05) is 24.3 Å². The number of hydrogen-bond donors (Lipinski definition) is 2. The fourth-order valence-electron chi connectivity index (χ4n) is 2.65. The summed E-state index contributed by atoms with van der Waals surface area (Å²) in [5.41, 5.74) is 0.879. The predicted molar refractivity (Wildman–Crippen MR) is 78.2 cm³/mol. The zero-order valence-corrected chi connectivity index (χ0v) is 11.2. The highest BCUT2D eigenvalue weighted by molar-refractivity contribution is 5.98.